The molecule has 0 aromatic heterocycles. The molecule has 1 atom stereocenters. The van der Waals surface area contributed by atoms with Crippen molar-refractivity contribution in [3.05, 3.63) is 35.4 Å². The molecule has 3 N–H and O–H groups in total. The fourth-order valence-corrected chi connectivity index (χ4v) is 3.94. The van der Waals surface area contributed by atoms with Crippen molar-refractivity contribution in [2.45, 2.75) is 51.1 Å². The summed E-state index contributed by atoms with van der Waals surface area (Å²) >= 11 is 0. The lowest BCUT2D eigenvalue weighted by Crippen LogP contribution is -2.49. The minimum absolute atomic E-state index is 0.00146. The van der Waals surface area contributed by atoms with Gasteiger partial charge in [0, 0.05) is 57.2 Å². The van der Waals surface area contributed by atoms with Gasteiger partial charge in [0.25, 0.3) is 5.91 Å². The molecule has 2 saturated heterocycles. The Balaban J connectivity index is 1.60. The van der Waals surface area contributed by atoms with E-state index in [9.17, 15) is 14.4 Å². The molecule has 0 aliphatic carbocycles. The van der Waals surface area contributed by atoms with Gasteiger partial charge in [0.15, 0.2) is 0 Å². The minimum atomic E-state index is -0.0683. The van der Waals surface area contributed by atoms with Crippen molar-refractivity contribution in [3.8, 4) is 0 Å². The van der Waals surface area contributed by atoms with E-state index < -0.39 is 0 Å². The summed E-state index contributed by atoms with van der Waals surface area (Å²) in [5.74, 6) is 0.135. The standard InChI is InChI=1S/C21H30N4O3/c22-11-10-19(26)23-14-18-4-1-2-13-25(18)21(28)17-8-6-16(7-9-17)15-24-12-3-5-20(24)27/h6-9,18H,1-5,10-15,22H2,(H,23,26). The lowest BCUT2D eigenvalue weighted by Gasteiger charge is -2.36. The number of nitrogens with two attached hydrogens (primary N) is 1. The van der Waals surface area contributed by atoms with Crippen LogP contribution in [0.1, 0.15) is 54.4 Å². The van der Waals surface area contributed by atoms with E-state index in [1.165, 1.54) is 0 Å². The molecule has 2 fully saturated rings. The van der Waals surface area contributed by atoms with Crippen molar-refractivity contribution in [2.24, 2.45) is 5.73 Å². The topological polar surface area (TPSA) is 95.7 Å². The zero-order valence-corrected chi connectivity index (χ0v) is 16.4. The molecule has 2 aliphatic heterocycles. The molecule has 0 bridgehead atoms. The quantitative estimate of drug-likeness (QED) is 0.738. The number of benzene rings is 1. The highest BCUT2D eigenvalue weighted by molar-refractivity contribution is 5.94. The van der Waals surface area contributed by atoms with Crippen molar-refractivity contribution in [2.75, 3.05) is 26.2 Å². The zero-order valence-electron chi connectivity index (χ0n) is 16.4. The summed E-state index contributed by atoms with van der Waals surface area (Å²) in [4.78, 5) is 40.2. The third-order valence-electron chi connectivity index (χ3n) is 5.54. The van der Waals surface area contributed by atoms with Crippen LogP contribution in [0.25, 0.3) is 0 Å². The molecular weight excluding hydrogens is 356 g/mol. The first-order valence-corrected chi connectivity index (χ1v) is 10.2. The summed E-state index contributed by atoms with van der Waals surface area (Å²) in [7, 11) is 0. The minimum Gasteiger partial charge on any atom is -0.354 e. The van der Waals surface area contributed by atoms with Gasteiger partial charge in [-0.3, -0.25) is 14.4 Å². The number of carbonyl (C=O) groups is 3. The molecule has 3 amide bonds. The van der Waals surface area contributed by atoms with Gasteiger partial charge in [-0.15, -0.1) is 0 Å². The van der Waals surface area contributed by atoms with Gasteiger partial charge in [0.1, 0.15) is 0 Å². The Morgan fingerprint density at radius 3 is 2.57 bits per heavy atom. The Hall–Kier alpha value is -2.41. The number of piperidine rings is 1. The van der Waals surface area contributed by atoms with Crippen LogP contribution in [-0.2, 0) is 16.1 Å². The first-order chi connectivity index (χ1) is 13.6. The van der Waals surface area contributed by atoms with E-state index in [2.05, 4.69) is 5.32 Å². The van der Waals surface area contributed by atoms with Gasteiger partial charge < -0.3 is 20.9 Å². The molecular formula is C21H30N4O3. The van der Waals surface area contributed by atoms with E-state index >= 15 is 0 Å². The Kier molecular flexibility index (Phi) is 7.03. The maximum Gasteiger partial charge on any atom is 0.254 e. The van der Waals surface area contributed by atoms with E-state index in [1.54, 1.807) is 0 Å². The summed E-state index contributed by atoms with van der Waals surface area (Å²) in [5, 5.41) is 2.89. The first-order valence-electron chi connectivity index (χ1n) is 10.2. The van der Waals surface area contributed by atoms with Crippen molar-refractivity contribution in [1.29, 1.82) is 0 Å². The molecule has 7 heteroatoms. The van der Waals surface area contributed by atoms with E-state index in [-0.39, 0.29) is 23.8 Å². The molecule has 1 unspecified atom stereocenters. The highest BCUT2D eigenvalue weighted by Crippen LogP contribution is 2.20. The molecule has 152 valence electrons. The number of hydrogen-bond donors (Lipinski definition) is 2. The van der Waals surface area contributed by atoms with Crippen LogP contribution in [0.2, 0.25) is 0 Å². The molecule has 3 rings (SSSR count). The van der Waals surface area contributed by atoms with E-state index in [1.807, 2.05) is 34.1 Å². The molecule has 28 heavy (non-hydrogen) atoms. The second-order valence-corrected chi connectivity index (χ2v) is 7.61. The van der Waals surface area contributed by atoms with Crippen LogP contribution in [0.5, 0.6) is 0 Å². The van der Waals surface area contributed by atoms with Gasteiger partial charge in [-0.2, -0.15) is 0 Å². The highest BCUT2D eigenvalue weighted by atomic mass is 16.2. The fourth-order valence-electron chi connectivity index (χ4n) is 3.94. The SMILES string of the molecule is NCCC(=O)NCC1CCCCN1C(=O)c1ccc(CN2CCCC2=O)cc1. The smallest absolute Gasteiger partial charge is 0.254 e. The summed E-state index contributed by atoms with van der Waals surface area (Å²) in [6.45, 7) is 2.92. The van der Waals surface area contributed by atoms with Crippen LogP contribution < -0.4 is 11.1 Å². The number of rotatable bonds is 7. The van der Waals surface area contributed by atoms with Gasteiger partial charge in [0.05, 0.1) is 0 Å². The highest BCUT2D eigenvalue weighted by Gasteiger charge is 2.28. The van der Waals surface area contributed by atoms with Crippen LogP contribution in [0.15, 0.2) is 24.3 Å². The van der Waals surface area contributed by atoms with Gasteiger partial charge in [-0.1, -0.05) is 12.1 Å². The van der Waals surface area contributed by atoms with Crippen LogP contribution in [-0.4, -0.2) is 59.7 Å². The fraction of sp³-hybridized carbons (Fsp3) is 0.571. The molecule has 1 aromatic rings. The maximum atomic E-state index is 13.0. The predicted octanol–water partition coefficient (Wildman–Crippen LogP) is 1.27. The average Bonchev–Trinajstić information content (AvgIpc) is 3.11. The van der Waals surface area contributed by atoms with Gasteiger partial charge in [-0.05, 0) is 43.4 Å². The van der Waals surface area contributed by atoms with E-state index in [0.717, 1.165) is 37.8 Å². The van der Waals surface area contributed by atoms with Crippen LogP contribution in [0.4, 0.5) is 0 Å². The van der Waals surface area contributed by atoms with E-state index in [0.29, 0.717) is 44.6 Å². The third-order valence-corrected chi connectivity index (χ3v) is 5.54. The molecule has 0 spiro atoms. The normalized spacial score (nSPS) is 19.8. The van der Waals surface area contributed by atoms with Crippen LogP contribution >= 0.6 is 0 Å². The van der Waals surface area contributed by atoms with E-state index in [4.69, 9.17) is 5.73 Å². The summed E-state index contributed by atoms with van der Waals surface area (Å²) in [6.07, 6.45) is 4.80. The first kappa shape index (κ1) is 20.3. The molecule has 0 saturated carbocycles. The van der Waals surface area contributed by atoms with Crippen molar-refractivity contribution >= 4 is 17.7 Å². The van der Waals surface area contributed by atoms with Crippen molar-refractivity contribution in [3.63, 3.8) is 0 Å². The number of carbonyl (C=O) groups excluding carboxylic acids is 3. The summed E-state index contributed by atoms with van der Waals surface area (Å²) in [6, 6.07) is 7.57. The van der Waals surface area contributed by atoms with Crippen LogP contribution in [0.3, 0.4) is 0 Å². The number of nitrogens with one attached hydrogen (secondary N) is 1. The molecule has 2 heterocycles. The lowest BCUT2D eigenvalue weighted by molar-refractivity contribution is -0.128. The largest absolute Gasteiger partial charge is 0.354 e. The second kappa shape index (κ2) is 9.68. The third kappa shape index (κ3) is 5.10. The number of hydrogen-bond acceptors (Lipinski definition) is 4. The Morgan fingerprint density at radius 2 is 1.89 bits per heavy atom. The zero-order chi connectivity index (χ0) is 19.9. The number of nitrogens with zero attached hydrogens (tertiary/aromatic N) is 2. The van der Waals surface area contributed by atoms with Crippen molar-refractivity contribution < 1.29 is 14.4 Å². The van der Waals surface area contributed by atoms with Gasteiger partial charge in [0.2, 0.25) is 11.8 Å². The van der Waals surface area contributed by atoms with Gasteiger partial charge in [-0.25, -0.2) is 0 Å². The molecule has 7 nitrogen and oxygen atoms in total. The van der Waals surface area contributed by atoms with Gasteiger partial charge >= 0.3 is 0 Å². The number of amides is 3. The predicted molar refractivity (Wildman–Crippen MR) is 106 cm³/mol. The average molecular weight is 386 g/mol. The van der Waals surface area contributed by atoms with Crippen molar-refractivity contribution in [1.82, 2.24) is 15.1 Å². The Morgan fingerprint density at radius 1 is 1.11 bits per heavy atom. The summed E-state index contributed by atoms with van der Waals surface area (Å²) < 4.78 is 0. The number of likely N-dealkylation sites (tertiary alicyclic amines) is 2. The summed E-state index contributed by atoms with van der Waals surface area (Å²) in [5.41, 5.74) is 7.10. The molecule has 0 radical (unpaired) electrons. The monoisotopic (exact) mass is 386 g/mol. The molecule has 1 aromatic carbocycles. The Bertz CT molecular complexity index is 704. The second-order valence-electron chi connectivity index (χ2n) is 7.61. The molecule has 2 aliphatic rings. The Labute approximate surface area is 166 Å². The maximum absolute atomic E-state index is 13.0. The van der Waals surface area contributed by atoms with Crippen LogP contribution in [0, 0.1) is 0 Å². The lowest BCUT2D eigenvalue weighted by atomic mass is 10.00.